The average Bonchev–Trinajstić information content (AvgIpc) is 2.17. The number of nitrogens with zero attached hydrogens (tertiary/aromatic N) is 2. The average molecular weight is 119 g/mol. The zero-order valence-corrected chi connectivity index (χ0v) is 5.26. The molecule has 0 aliphatic rings. The fourth-order valence-electron chi connectivity index (χ4n) is 0.584. The van der Waals surface area contributed by atoms with Gasteiger partial charge in [0.1, 0.15) is 6.54 Å². The third kappa shape index (κ3) is 1.33. The Morgan fingerprint density at radius 2 is 2.78 bits per heavy atom. The molecule has 9 heavy (non-hydrogen) atoms. The Balaban J connectivity index is 2.76. The first kappa shape index (κ1) is 5.90. The van der Waals surface area contributed by atoms with E-state index in [-0.39, 0.29) is 0 Å². The summed E-state index contributed by atoms with van der Waals surface area (Å²) in [6.45, 7) is 2.44. The maximum absolute atomic E-state index is 5.04. The summed E-state index contributed by atoms with van der Waals surface area (Å²) in [6.07, 6.45) is 9.71. The smallest absolute Gasteiger partial charge is 0.102 e. The molecule has 0 fully saturated rings. The van der Waals surface area contributed by atoms with Crippen molar-refractivity contribution in [3.05, 3.63) is 18.0 Å². The van der Waals surface area contributed by atoms with Crippen molar-refractivity contribution in [2.24, 2.45) is 0 Å². The summed E-state index contributed by atoms with van der Waals surface area (Å²) in [5, 5.41) is 3.92. The quantitative estimate of drug-likeness (QED) is 0.496. The van der Waals surface area contributed by atoms with Crippen molar-refractivity contribution in [3.8, 4) is 12.3 Å². The van der Waals surface area contributed by atoms with E-state index >= 15 is 0 Å². The van der Waals surface area contributed by atoms with Gasteiger partial charge in [-0.25, -0.2) is 0 Å². The third-order valence-corrected chi connectivity index (χ3v) is 0.937. The first-order chi connectivity index (χ1) is 4.33. The van der Waals surface area contributed by atoms with E-state index in [4.69, 9.17) is 6.42 Å². The molecule has 1 heterocycles. The highest BCUT2D eigenvalue weighted by atomic mass is 15.3. The molecule has 0 saturated heterocycles. The number of hydrogen-bond donors (Lipinski definition) is 0. The molecule has 0 atom stereocenters. The van der Waals surface area contributed by atoms with E-state index in [0.29, 0.717) is 6.54 Å². The van der Waals surface area contributed by atoms with Crippen molar-refractivity contribution < 1.29 is 0 Å². The van der Waals surface area contributed by atoms with E-state index in [1.165, 1.54) is 0 Å². The summed E-state index contributed by atoms with van der Waals surface area (Å²) in [5.41, 5.74) is 1.02. The highest BCUT2D eigenvalue weighted by Crippen LogP contribution is 1.90. The molecule has 0 N–H and O–H groups in total. The molecule has 0 unspecified atom stereocenters. The summed E-state index contributed by atoms with van der Waals surface area (Å²) in [7, 11) is 0. The van der Waals surface area contributed by atoms with E-state index in [9.17, 15) is 0 Å². The monoisotopic (exact) mass is 119 g/mol. The molecular formula is C7H7N2. The maximum atomic E-state index is 5.04. The van der Waals surface area contributed by atoms with E-state index in [1.807, 2.05) is 6.92 Å². The Labute approximate surface area is 54.5 Å². The third-order valence-electron chi connectivity index (χ3n) is 0.937. The second-order valence-electron chi connectivity index (χ2n) is 1.80. The summed E-state index contributed by atoms with van der Waals surface area (Å²) >= 11 is 0. The fraction of sp³-hybridized carbons (Fsp3) is 0.286. The molecule has 45 valence electrons. The standard InChI is InChI=1S/C7H7N2/c1-3-4-9-6-7(2)5-8-9/h1,5H,4H2,2H3. The van der Waals surface area contributed by atoms with Gasteiger partial charge in [-0.3, -0.25) is 4.68 Å². The number of hydrogen-bond acceptors (Lipinski definition) is 1. The number of terminal acetylenes is 1. The summed E-state index contributed by atoms with van der Waals surface area (Å²) in [5.74, 6) is 2.47. The minimum atomic E-state index is 0.508. The van der Waals surface area contributed by atoms with Crippen LogP contribution in [0.15, 0.2) is 6.20 Å². The van der Waals surface area contributed by atoms with Crippen LogP contribution in [-0.2, 0) is 6.54 Å². The fourth-order valence-corrected chi connectivity index (χ4v) is 0.584. The van der Waals surface area contributed by atoms with Crippen LogP contribution in [0.25, 0.3) is 0 Å². The summed E-state index contributed by atoms with van der Waals surface area (Å²) in [4.78, 5) is 0. The topological polar surface area (TPSA) is 17.8 Å². The minimum absolute atomic E-state index is 0.508. The van der Waals surface area contributed by atoms with Crippen LogP contribution in [0.5, 0.6) is 0 Å². The Bertz CT molecular complexity index is 229. The molecule has 1 aromatic rings. The van der Waals surface area contributed by atoms with Crippen molar-refractivity contribution >= 4 is 0 Å². The van der Waals surface area contributed by atoms with Gasteiger partial charge in [0.15, 0.2) is 0 Å². The molecule has 0 aromatic carbocycles. The van der Waals surface area contributed by atoms with E-state index in [2.05, 4.69) is 17.2 Å². The molecule has 0 aliphatic carbocycles. The molecule has 1 rings (SSSR count). The van der Waals surface area contributed by atoms with Gasteiger partial charge in [0.2, 0.25) is 0 Å². The van der Waals surface area contributed by atoms with Crippen LogP contribution in [0.1, 0.15) is 5.56 Å². The van der Waals surface area contributed by atoms with Crippen LogP contribution in [0.4, 0.5) is 0 Å². The lowest BCUT2D eigenvalue weighted by atomic mass is 10.4. The number of aryl methyl sites for hydroxylation is 1. The first-order valence-electron chi connectivity index (χ1n) is 2.68. The van der Waals surface area contributed by atoms with Crippen LogP contribution < -0.4 is 0 Å². The first-order valence-corrected chi connectivity index (χ1v) is 2.68. The highest BCUT2D eigenvalue weighted by molar-refractivity contribution is 4.99. The second-order valence-corrected chi connectivity index (χ2v) is 1.80. The Morgan fingerprint density at radius 3 is 3.22 bits per heavy atom. The molecule has 0 spiro atoms. The largest absolute Gasteiger partial charge is 0.251 e. The molecule has 0 aliphatic heterocycles. The van der Waals surface area contributed by atoms with Crippen molar-refractivity contribution in [3.63, 3.8) is 0 Å². The van der Waals surface area contributed by atoms with Crippen molar-refractivity contribution in [2.75, 3.05) is 0 Å². The normalized spacial score (nSPS) is 8.89. The molecule has 1 aromatic heterocycles. The molecule has 2 heteroatoms. The van der Waals surface area contributed by atoms with Gasteiger partial charge in [-0.2, -0.15) is 5.10 Å². The number of aromatic nitrogens is 2. The Hall–Kier alpha value is -1.23. The van der Waals surface area contributed by atoms with Gasteiger partial charge >= 0.3 is 0 Å². The molecule has 0 amide bonds. The molecular weight excluding hydrogens is 112 g/mol. The predicted octanol–water partition coefficient (Wildman–Crippen LogP) is 0.625. The van der Waals surface area contributed by atoms with Crippen molar-refractivity contribution in [1.29, 1.82) is 0 Å². The number of rotatable bonds is 1. The Morgan fingerprint density at radius 1 is 2.00 bits per heavy atom. The van der Waals surface area contributed by atoms with Crippen LogP contribution in [-0.4, -0.2) is 9.78 Å². The van der Waals surface area contributed by atoms with Crippen LogP contribution in [0, 0.1) is 25.5 Å². The van der Waals surface area contributed by atoms with Gasteiger partial charge in [0, 0.05) is 0 Å². The van der Waals surface area contributed by atoms with Crippen LogP contribution in [0.2, 0.25) is 0 Å². The highest BCUT2D eigenvalue weighted by Gasteiger charge is 1.89. The lowest BCUT2D eigenvalue weighted by Crippen LogP contribution is -1.94. The SMILES string of the molecule is C#CCn1[c]c(C)cn1. The van der Waals surface area contributed by atoms with Gasteiger partial charge in [0.05, 0.1) is 12.4 Å². The van der Waals surface area contributed by atoms with E-state index in [0.717, 1.165) is 5.56 Å². The van der Waals surface area contributed by atoms with Gasteiger partial charge in [-0.05, 0) is 12.5 Å². The van der Waals surface area contributed by atoms with Gasteiger partial charge in [-0.1, -0.05) is 5.92 Å². The molecule has 0 bridgehead atoms. The summed E-state index contributed by atoms with van der Waals surface area (Å²) < 4.78 is 1.61. The Kier molecular flexibility index (Phi) is 1.55. The van der Waals surface area contributed by atoms with E-state index < -0.39 is 0 Å². The maximum Gasteiger partial charge on any atom is 0.102 e. The molecule has 2 nitrogen and oxygen atoms in total. The lowest BCUT2D eigenvalue weighted by molar-refractivity contribution is 0.709. The van der Waals surface area contributed by atoms with Gasteiger partial charge in [0.25, 0.3) is 0 Å². The van der Waals surface area contributed by atoms with Gasteiger partial charge in [-0.15, -0.1) is 6.42 Å². The minimum Gasteiger partial charge on any atom is -0.251 e. The predicted molar refractivity (Wildman–Crippen MR) is 34.6 cm³/mol. The second kappa shape index (κ2) is 2.36. The van der Waals surface area contributed by atoms with Crippen molar-refractivity contribution in [2.45, 2.75) is 13.5 Å². The van der Waals surface area contributed by atoms with Crippen LogP contribution >= 0.6 is 0 Å². The lowest BCUT2D eigenvalue weighted by Gasteiger charge is -1.87. The zero-order chi connectivity index (χ0) is 6.69. The van der Waals surface area contributed by atoms with E-state index in [1.54, 1.807) is 10.9 Å². The van der Waals surface area contributed by atoms with Crippen molar-refractivity contribution in [1.82, 2.24) is 9.78 Å². The van der Waals surface area contributed by atoms with Crippen LogP contribution in [0.3, 0.4) is 0 Å². The van der Waals surface area contributed by atoms with Gasteiger partial charge < -0.3 is 0 Å². The molecule has 1 radical (unpaired) electrons. The zero-order valence-electron chi connectivity index (χ0n) is 5.26. The molecule has 0 saturated carbocycles. The summed E-state index contributed by atoms with van der Waals surface area (Å²) in [6, 6.07) is 0.